The molecule has 0 radical (unpaired) electrons. The highest BCUT2D eigenvalue weighted by Gasteiger charge is 2.16. The molecule has 0 fully saturated rings. The van der Waals surface area contributed by atoms with Gasteiger partial charge in [-0.15, -0.1) is 12.4 Å². The highest BCUT2D eigenvalue weighted by molar-refractivity contribution is 5.85. The van der Waals surface area contributed by atoms with Gasteiger partial charge >= 0.3 is 0 Å². The van der Waals surface area contributed by atoms with Crippen molar-refractivity contribution in [2.75, 3.05) is 0 Å². The Balaban J connectivity index is 0.00000196. The van der Waals surface area contributed by atoms with Gasteiger partial charge in [0.15, 0.2) is 0 Å². The highest BCUT2D eigenvalue weighted by atomic mass is 35.5. The fourth-order valence-electron chi connectivity index (χ4n) is 1.45. The van der Waals surface area contributed by atoms with Crippen LogP contribution in [0.1, 0.15) is 45.5 Å². The lowest BCUT2D eigenvalue weighted by molar-refractivity contribution is 0.345. The summed E-state index contributed by atoms with van der Waals surface area (Å²) in [7, 11) is 1.99. The van der Waals surface area contributed by atoms with E-state index in [0.717, 1.165) is 18.7 Å². The second kappa shape index (κ2) is 5.52. The van der Waals surface area contributed by atoms with Crippen molar-refractivity contribution in [3.8, 4) is 0 Å². The number of nitrogens with zero attached hydrogens (tertiary/aromatic N) is 2. The number of imidazole rings is 1. The Kier molecular flexibility index (Phi) is 5.32. The Hall–Kier alpha value is -0.540. The first kappa shape index (κ1) is 14.5. The number of hydrogen-bond donors (Lipinski definition) is 1. The minimum Gasteiger partial charge on any atom is -0.337 e. The zero-order chi connectivity index (χ0) is 10.8. The Morgan fingerprint density at radius 2 is 2.07 bits per heavy atom. The maximum Gasteiger partial charge on any atom is 0.125 e. The summed E-state index contributed by atoms with van der Waals surface area (Å²) in [6.07, 6.45) is 5.86. The van der Waals surface area contributed by atoms with E-state index in [2.05, 4.69) is 25.8 Å². The van der Waals surface area contributed by atoms with Gasteiger partial charge in [-0.25, -0.2) is 4.98 Å². The van der Waals surface area contributed by atoms with Crippen molar-refractivity contribution < 1.29 is 0 Å². The normalized spacial score (nSPS) is 13.4. The van der Waals surface area contributed by atoms with Gasteiger partial charge in [0, 0.05) is 19.4 Å². The van der Waals surface area contributed by atoms with E-state index in [4.69, 9.17) is 5.73 Å². The predicted octanol–water partition coefficient (Wildman–Crippen LogP) is 2.67. The lowest BCUT2D eigenvalue weighted by Crippen LogP contribution is -2.18. The van der Waals surface area contributed by atoms with E-state index >= 15 is 0 Å². The van der Waals surface area contributed by atoms with Gasteiger partial charge in [-0.2, -0.15) is 0 Å². The monoisotopic (exact) mass is 231 g/mol. The summed E-state index contributed by atoms with van der Waals surface area (Å²) in [5.74, 6) is 0.981. The third kappa shape index (κ3) is 4.67. The van der Waals surface area contributed by atoms with E-state index in [1.807, 2.05) is 17.8 Å². The van der Waals surface area contributed by atoms with Crippen molar-refractivity contribution in [3.05, 3.63) is 18.2 Å². The molecule has 15 heavy (non-hydrogen) atoms. The largest absolute Gasteiger partial charge is 0.337 e. The molecule has 2 N–H and O–H groups in total. The van der Waals surface area contributed by atoms with Gasteiger partial charge in [-0.05, 0) is 18.3 Å². The first-order chi connectivity index (χ1) is 6.40. The van der Waals surface area contributed by atoms with Crippen LogP contribution in [-0.2, 0) is 7.05 Å². The van der Waals surface area contributed by atoms with E-state index < -0.39 is 0 Å². The van der Waals surface area contributed by atoms with Crippen LogP contribution in [0, 0.1) is 5.41 Å². The molecule has 1 aromatic heterocycles. The number of aryl methyl sites for hydroxylation is 1. The summed E-state index contributed by atoms with van der Waals surface area (Å²) in [5.41, 5.74) is 6.41. The van der Waals surface area contributed by atoms with Crippen LogP contribution in [0.2, 0.25) is 0 Å². The summed E-state index contributed by atoms with van der Waals surface area (Å²) in [5, 5.41) is 0. The molecule has 3 nitrogen and oxygen atoms in total. The zero-order valence-corrected chi connectivity index (χ0v) is 10.8. The van der Waals surface area contributed by atoms with Crippen LogP contribution < -0.4 is 5.73 Å². The molecular formula is C11H22ClN3. The fraction of sp³-hybridized carbons (Fsp3) is 0.727. The Bertz CT molecular complexity index is 288. The highest BCUT2D eigenvalue weighted by Crippen LogP contribution is 2.25. The van der Waals surface area contributed by atoms with Crippen LogP contribution in [0.25, 0.3) is 0 Å². The summed E-state index contributed by atoms with van der Waals surface area (Å²) in [4.78, 5) is 4.25. The molecule has 0 bridgehead atoms. The summed E-state index contributed by atoms with van der Waals surface area (Å²) < 4.78 is 1.99. The molecule has 1 rings (SSSR count). The van der Waals surface area contributed by atoms with Gasteiger partial charge in [0.05, 0.1) is 6.04 Å². The van der Waals surface area contributed by atoms with Crippen LogP contribution in [-0.4, -0.2) is 9.55 Å². The lowest BCUT2D eigenvalue weighted by atomic mass is 9.89. The zero-order valence-electron chi connectivity index (χ0n) is 10.0. The van der Waals surface area contributed by atoms with E-state index in [9.17, 15) is 0 Å². The van der Waals surface area contributed by atoms with Gasteiger partial charge in [-0.1, -0.05) is 20.8 Å². The molecule has 0 aliphatic rings. The molecule has 0 aromatic carbocycles. The minimum atomic E-state index is 0. The van der Waals surface area contributed by atoms with Crippen LogP contribution in [0.15, 0.2) is 12.4 Å². The molecule has 0 spiro atoms. The molecule has 0 saturated carbocycles. The van der Waals surface area contributed by atoms with Crippen molar-refractivity contribution >= 4 is 12.4 Å². The van der Waals surface area contributed by atoms with Crippen LogP contribution in [0.3, 0.4) is 0 Å². The standard InChI is InChI=1S/C11H21N3.ClH/c1-11(2,3)6-5-9(12)10-13-7-8-14(10)4;/h7-9H,5-6,12H2,1-4H3;1H. The van der Waals surface area contributed by atoms with Crippen LogP contribution in [0.4, 0.5) is 0 Å². The molecule has 0 amide bonds. The fourth-order valence-corrected chi connectivity index (χ4v) is 1.45. The molecule has 88 valence electrons. The molecule has 1 heterocycles. The Labute approximate surface area is 98.5 Å². The molecule has 0 aliphatic carbocycles. The van der Waals surface area contributed by atoms with E-state index in [1.54, 1.807) is 6.20 Å². The number of rotatable bonds is 3. The van der Waals surface area contributed by atoms with Crippen molar-refractivity contribution in [1.29, 1.82) is 0 Å². The summed E-state index contributed by atoms with van der Waals surface area (Å²) in [6, 6.07) is 0.0641. The van der Waals surface area contributed by atoms with E-state index in [-0.39, 0.29) is 18.4 Å². The summed E-state index contributed by atoms with van der Waals surface area (Å²) in [6.45, 7) is 6.70. The Morgan fingerprint density at radius 1 is 1.47 bits per heavy atom. The van der Waals surface area contributed by atoms with Gasteiger partial charge in [0.25, 0.3) is 0 Å². The molecule has 1 atom stereocenters. The smallest absolute Gasteiger partial charge is 0.125 e. The van der Waals surface area contributed by atoms with E-state index in [1.165, 1.54) is 0 Å². The molecular weight excluding hydrogens is 210 g/mol. The van der Waals surface area contributed by atoms with Crippen LogP contribution >= 0.6 is 12.4 Å². The SMILES string of the molecule is Cl.Cn1ccnc1C(N)CCC(C)(C)C. The molecule has 1 unspecified atom stereocenters. The van der Waals surface area contributed by atoms with Crippen molar-refractivity contribution in [3.63, 3.8) is 0 Å². The third-order valence-electron chi connectivity index (χ3n) is 2.40. The molecule has 4 heteroatoms. The minimum absolute atomic E-state index is 0. The topological polar surface area (TPSA) is 43.8 Å². The van der Waals surface area contributed by atoms with Gasteiger partial charge in [-0.3, -0.25) is 0 Å². The average molecular weight is 232 g/mol. The first-order valence-corrected chi connectivity index (χ1v) is 5.13. The lowest BCUT2D eigenvalue weighted by Gasteiger charge is -2.20. The maximum atomic E-state index is 6.06. The third-order valence-corrected chi connectivity index (χ3v) is 2.40. The maximum absolute atomic E-state index is 6.06. The quantitative estimate of drug-likeness (QED) is 0.869. The van der Waals surface area contributed by atoms with Gasteiger partial charge in [0.1, 0.15) is 5.82 Å². The van der Waals surface area contributed by atoms with Crippen molar-refractivity contribution in [1.82, 2.24) is 9.55 Å². The first-order valence-electron chi connectivity index (χ1n) is 5.13. The van der Waals surface area contributed by atoms with Crippen molar-refractivity contribution in [2.45, 2.75) is 39.7 Å². The van der Waals surface area contributed by atoms with Crippen LogP contribution in [0.5, 0.6) is 0 Å². The number of hydrogen-bond acceptors (Lipinski definition) is 2. The van der Waals surface area contributed by atoms with Gasteiger partial charge in [0.2, 0.25) is 0 Å². The number of nitrogens with two attached hydrogens (primary N) is 1. The second-order valence-electron chi connectivity index (χ2n) is 5.10. The van der Waals surface area contributed by atoms with E-state index in [0.29, 0.717) is 5.41 Å². The van der Waals surface area contributed by atoms with Crippen molar-refractivity contribution in [2.24, 2.45) is 18.2 Å². The average Bonchev–Trinajstić information content (AvgIpc) is 2.46. The second-order valence-corrected chi connectivity index (χ2v) is 5.10. The molecule has 0 saturated heterocycles. The Morgan fingerprint density at radius 3 is 2.47 bits per heavy atom. The molecule has 1 aromatic rings. The molecule has 0 aliphatic heterocycles. The summed E-state index contributed by atoms with van der Waals surface area (Å²) >= 11 is 0. The predicted molar refractivity (Wildman–Crippen MR) is 66.1 cm³/mol. The number of halogens is 1. The number of aromatic nitrogens is 2. The van der Waals surface area contributed by atoms with Gasteiger partial charge < -0.3 is 10.3 Å².